The molecule has 0 saturated heterocycles. The van der Waals surface area contributed by atoms with Gasteiger partial charge in [-0.3, -0.25) is 0 Å². The lowest BCUT2D eigenvalue weighted by Gasteiger charge is -2.22. The standard InChI is InChI=1S/C14H33N2O2P/c1-6-15(7-2)11-13-17-19(10-5)18-14-12-16(8-3)9-4/h6-14H2,1-5H3. The Morgan fingerprint density at radius 2 is 1.05 bits per heavy atom. The van der Waals surface area contributed by atoms with Gasteiger partial charge in [0.1, 0.15) is 0 Å². The summed E-state index contributed by atoms with van der Waals surface area (Å²) in [6, 6.07) is 0. The molecule has 0 bridgehead atoms. The third-order valence-corrected chi connectivity index (χ3v) is 4.79. The van der Waals surface area contributed by atoms with Crippen LogP contribution < -0.4 is 0 Å². The van der Waals surface area contributed by atoms with Crippen LogP contribution in [-0.2, 0) is 9.05 Å². The minimum Gasteiger partial charge on any atom is -0.333 e. The highest BCUT2D eigenvalue weighted by molar-refractivity contribution is 7.47. The van der Waals surface area contributed by atoms with Gasteiger partial charge in [-0.05, 0) is 26.2 Å². The molecule has 0 aromatic heterocycles. The summed E-state index contributed by atoms with van der Waals surface area (Å²) >= 11 is 0. The van der Waals surface area contributed by atoms with E-state index in [1.54, 1.807) is 0 Å². The summed E-state index contributed by atoms with van der Waals surface area (Å²) in [7, 11) is -0.693. The second-order valence-electron chi connectivity index (χ2n) is 4.37. The molecule has 5 heteroatoms. The Labute approximate surface area is 121 Å². The molecule has 0 unspecified atom stereocenters. The minimum absolute atomic E-state index is 0.693. The zero-order chi connectivity index (χ0) is 14.5. The molecule has 19 heavy (non-hydrogen) atoms. The van der Waals surface area contributed by atoms with Crippen molar-refractivity contribution in [2.24, 2.45) is 0 Å². The quantitative estimate of drug-likeness (QED) is 0.487. The van der Waals surface area contributed by atoms with Crippen LogP contribution in [0.15, 0.2) is 0 Å². The lowest BCUT2D eigenvalue weighted by atomic mass is 10.5. The fourth-order valence-corrected chi connectivity index (χ4v) is 2.85. The van der Waals surface area contributed by atoms with Crippen LogP contribution >= 0.6 is 8.38 Å². The van der Waals surface area contributed by atoms with E-state index >= 15 is 0 Å². The van der Waals surface area contributed by atoms with Crippen molar-refractivity contribution in [3.8, 4) is 0 Å². The van der Waals surface area contributed by atoms with E-state index in [0.29, 0.717) is 0 Å². The van der Waals surface area contributed by atoms with Crippen LogP contribution in [0.5, 0.6) is 0 Å². The van der Waals surface area contributed by atoms with Crippen LogP contribution in [0.1, 0.15) is 34.6 Å². The van der Waals surface area contributed by atoms with E-state index < -0.39 is 8.38 Å². The molecule has 0 fully saturated rings. The summed E-state index contributed by atoms with van der Waals surface area (Å²) in [6.45, 7) is 18.8. The average molecular weight is 292 g/mol. The predicted octanol–water partition coefficient (Wildman–Crippen LogP) is 3.04. The second kappa shape index (κ2) is 13.3. The highest BCUT2D eigenvalue weighted by atomic mass is 31.2. The van der Waals surface area contributed by atoms with Gasteiger partial charge >= 0.3 is 0 Å². The number of rotatable bonds is 13. The Balaban J connectivity index is 3.70. The smallest absolute Gasteiger partial charge is 0.170 e. The lowest BCUT2D eigenvalue weighted by Crippen LogP contribution is -2.27. The van der Waals surface area contributed by atoms with Crippen molar-refractivity contribution in [1.82, 2.24) is 9.80 Å². The summed E-state index contributed by atoms with van der Waals surface area (Å²) in [5.74, 6) is 0. The fraction of sp³-hybridized carbons (Fsp3) is 1.00. The molecule has 0 aromatic carbocycles. The van der Waals surface area contributed by atoms with Crippen molar-refractivity contribution < 1.29 is 9.05 Å². The van der Waals surface area contributed by atoms with E-state index in [9.17, 15) is 0 Å². The molecule has 0 aromatic rings. The van der Waals surface area contributed by atoms with Gasteiger partial charge in [-0.25, -0.2) is 0 Å². The van der Waals surface area contributed by atoms with Crippen LogP contribution in [0.3, 0.4) is 0 Å². The van der Waals surface area contributed by atoms with E-state index in [-0.39, 0.29) is 0 Å². The molecular weight excluding hydrogens is 259 g/mol. The normalized spacial score (nSPS) is 12.0. The van der Waals surface area contributed by atoms with Gasteiger partial charge in [0, 0.05) is 19.3 Å². The van der Waals surface area contributed by atoms with Crippen molar-refractivity contribution in [3.63, 3.8) is 0 Å². The first-order valence-electron chi connectivity index (χ1n) is 7.69. The first-order valence-corrected chi connectivity index (χ1v) is 9.05. The van der Waals surface area contributed by atoms with Gasteiger partial charge in [-0.2, -0.15) is 0 Å². The molecule has 0 saturated carbocycles. The summed E-state index contributed by atoms with van der Waals surface area (Å²) in [5.41, 5.74) is 0. The van der Waals surface area contributed by atoms with E-state index in [0.717, 1.165) is 58.6 Å². The fourth-order valence-electron chi connectivity index (χ4n) is 1.84. The summed E-state index contributed by atoms with van der Waals surface area (Å²) < 4.78 is 11.7. The number of nitrogens with zero attached hydrogens (tertiary/aromatic N) is 2. The maximum Gasteiger partial charge on any atom is 0.170 e. The average Bonchev–Trinajstić information content (AvgIpc) is 2.46. The van der Waals surface area contributed by atoms with Crippen LogP contribution in [-0.4, -0.2) is 68.4 Å². The maximum atomic E-state index is 5.86. The molecule has 0 rings (SSSR count). The molecule has 0 N–H and O–H groups in total. The molecule has 4 nitrogen and oxygen atoms in total. The van der Waals surface area contributed by atoms with E-state index in [1.807, 2.05) is 0 Å². The van der Waals surface area contributed by atoms with Crippen molar-refractivity contribution in [2.45, 2.75) is 34.6 Å². The monoisotopic (exact) mass is 292 g/mol. The van der Waals surface area contributed by atoms with Crippen molar-refractivity contribution in [2.75, 3.05) is 58.6 Å². The third-order valence-electron chi connectivity index (χ3n) is 3.33. The topological polar surface area (TPSA) is 24.9 Å². The molecule has 0 atom stereocenters. The first-order chi connectivity index (χ1) is 9.21. The SMILES string of the molecule is CCN(CC)CCOP(CC)OCCN(CC)CC. The van der Waals surface area contributed by atoms with Crippen LogP contribution in [0.4, 0.5) is 0 Å². The molecule has 0 heterocycles. The van der Waals surface area contributed by atoms with Crippen LogP contribution in [0.25, 0.3) is 0 Å². The summed E-state index contributed by atoms with van der Waals surface area (Å²) in [5, 5.41) is 0. The van der Waals surface area contributed by atoms with Crippen molar-refractivity contribution in [3.05, 3.63) is 0 Å². The van der Waals surface area contributed by atoms with Gasteiger partial charge in [0.25, 0.3) is 0 Å². The Morgan fingerprint density at radius 1 is 0.684 bits per heavy atom. The molecule has 0 radical (unpaired) electrons. The van der Waals surface area contributed by atoms with Gasteiger partial charge in [-0.15, -0.1) is 0 Å². The van der Waals surface area contributed by atoms with Crippen LogP contribution in [0, 0.1) is 0 Å². The zero-order valence-corrected chi connectivity index (χ0v) is 14.4. The second-order valence-corrected chi connectivity index (χ2v) is 6.18. The Bertz CT molecular complexity index is 170. The highest BCUT2D eigenvalue weighted by Gasteiger charge is 2.09. The molecule has 116 valence electrons. The molecule has 0 aliphatic rings. The predicted molar refractivity (Wildman–Crippen MR) is 84.9 cm³/mol. The Kier molecular flexibility index (Phi) is 13.5. The number of likely N-dealkylation sites (N-methyl/N-ethyl adjacent to an activating group) is 2. The van der Waals surface area contributed by atoms with Gasteiger partial charge in [0.05, 0.1) is 13.2 Å². The summed E-state index contributed by atoms with van der Waals surface area (Å²) in [6.07, 6.45) is 0.978. The van der Waals surface area contributed by atoms with Gasteiger partial charge in [0.2, 0.25) is 0 Å². The van der Waals surface area contributed by atoms with Gasteiger partial charge < -0.3 is 18.8 Å². The molecule has 0 spiro atoms. The van der Waals surface area contributed by atoms with Crippen LogP contribution in [0.2, 0.25) is 0 Å². The van der Waals surface area contributed by atoms with E-state index in [4.69, 9.17) is 9.05 Å². The van der Waals surface area contributed by atoms with Gasteiger partial charge in [0.15, 0.2) is 8.38 Å². The maximum absolute atomic E-state index is 5.86. The Morgan fingerprint density at radius 3 is 1.32 bits per heavy atom. The molecule has 0 aliphatic carbocycles. The number of hydrogen-bond acceptors (Lipinski definition) is 4. The van der Waals surface area contributed by atoms with E-state index in [1.165, 1.54) is 0 Å². The molecular formula is C14H33N2O2P. The Hall–Kier alpha value is 0.270. The lowest BCUT2D eigenvalue weighted by molar-refractivity contribution is 0.185. The minimum atomic E-state index is -0.693. The molecule has 0 amide bonds. The number of hydrogen-bond donors (Lipinski definition) is 0. The third kappa shape index (κ3) is 9.75. The highest BCUT2D eigenvalue weighted by Crippen LogP contribution is 2.37. The first kappa shape index (κ1) is 19.3. The van der Waals surface area contributed by atoms with Crippen molar-refractivity contribution in [1.29, 1.82) is 0 Å². The molecule has 0 aliphatic heterocycles. The largest absolute Gasteiger partial charge is 0.333 e. The zero-order valence-electron chi connectivity index (χ0n) is 13.5. The summed E-state index contributed by atoms with van der Waals surface area (Å²) in [4.78, 5) is 4.75. The van der Waals surface area contributed by atoms with E-state index in [2.05, 4.69) is 44.4 Å². The van der Waals surface area contributed by atoms with Gasteiger partial charge in [-0.1, -0.05) is 34.6 Å². The van der Waals surface area contributed by atoms with Crippen molar-refractivity contribution >= 4 is 8.38 Å².